The van der Waals surface area contributed by atoms with Crippen molar-refractivity contribution in [1.29, 1.82) is 0 Å². The highest BCUT2D eigenvalue weighted by molar-refractivity contribution is 5.83. The second-order valence-electron chi connectivity index (χ2n) is 5.63. The fourth-order valence-electron chi connectivity index (χ4n) is 2.93. The molecule has 1 aliphatic carbocycles. The van der Waals surface area contributed by atoms with Crippen molar-refractivity contribution in [2.75, 3.05) is 6.61 Å². The molecule has 0 bridgehead atoms. The van der Waals surface area contributed by atoms with Gasteiger partial charge in [-0.25, -0.2) is 0 Å². The van der Waals surface area contributed by atoms with Gasteiger partial charge in [-0.2, -0.15) is 0 Å². The van der Waals surface area contributed by atoms with Crippen LogP contribution in [0, 0.1) is 16.7 Å². The van der Waals surface area contributed by atoms with Crippen molar-refractivity contribution in [2.45, 2.75) is 41.0 Å². The van der Waals surface area contributed by atoms with Crippen LogP contribution in [0.5, 0.6) is 0 Å². The van der Waals surface area contributed by atoms with Crippen LogP contribution in [0.2, 0.25) is 0 Å². The Morgan fingerprint density at radius 1 is 1.41 bits per heavy atom. The molecule has 0 aromatic carbocycles. The van der Waals surface area contributed by atoms with Crippen molar-refractivity contribution in [3.63, 3.8) is 0 Å². The summed E-state index contributed by atoms with van der Waals surface area (Å²) in [5.41, 5.74) is 0.811. The Kier molecular flexibility index (Phi) is 3.85. The second-order valence-corrected chi connectivity index (χ2v) is 5.63. The van der Waals surface area contributed by atoms with E-state index in [2.05, 4.69) is 40.3 Å². The van der Waals surface area contributed by atoms with E-state index in [4.69, 9.17) is 4.74 Å². The summed E-state index contributed by atoms with van der Waals surface area (Å²) in [5.74, 6) is 0.185. The Hall–Kier alpha value is -1.05. The number of rotatable bonds is 5. The molecule has 2 nitrogen and oxygen atoms in total. The highest BCUT2D eigenvalue weighted by Gasteiger charge is 2.74. The lowest BCUT2D eigenvalue weighted by atomic mass is 9.92. The van der Waals surface area contributed by atoms with Crippen LogP contribution in [0.25, 0.3) is 0 Å². The molecule has 1 fully saturated rings. The lowest BCUT2D eigenvalue weighted by Gasteiger charge is -2.16. The van der Waals surface area contributed by atoms with Crippen LogP contribution in [0.15, 0.2) is 24.3 Å². The van der Waals surface area contributed by atoms with Crippen LogP contribution in [0.3, 0.4) is 0 Å². The Morgan fingerprint density at radius 2 is 2.00 bits per heavy atom. The van der Waals surface area contributed by atoms with Crippen molar-refractivity contribution >= 4 is 5.97 Å². The van der Waals surface area contributed by atoms with E-state index < -0.39 is 5.41 Å². The van der Waals surface area contributed by atoms with E-state index >= 15 is 0 Å². The maximum absolute atomic E-state index is 12.2. The number of hydrogen-bond donors (Lipinski definition) is 0. The molecule has 0 N–H and O–H groups in total. The van der Waals surface area contributed by atoms with E-state index in [-0.39, 0.29) is 17.3 Å². The Labute approximate surface area is 105 Å². The van der Waals surface area contributed by atoms with Gasteiger partial charge in [0.1, 0.15) is 0 Å². The third kappa shape index (κ3) is 2.05. The van der Waals surface area contributed by atoms with Gasteiger partial charge in [-0.1, -0.05) is 31.6 Å². The number of carbonyl (C=O) groups is 1. The number of carbonyl (C=O) groups excluding carboxylic acids is 1. The largest absolute Gasteiger partial charge is 0.466 e. The molecular formula is C15H24O2. The van der Waals surface area contributed by atoms with Gasteiger partial charge in [0.15, 0.2) is 0 Å². The first-order chi connectivity index (χ1) is 7.84. The van der Waals surface area contributed by atoms with Crippen LogP contribution in [0.1, 0.15) is 41.0 Å². The lowest BCUT2D eigenvalue weighted by molar-refractivity contribution is -0.151. The molecule has 1 aliphatic rings. The first-order valence-electron chi connectivity index (χ1n) is 6.27. The molecule has 96 valence electrons. The van der Waals surface area contributed by atoms with Gasteiger partial charge in [-0.05, 0) is 32.6 Å². The number of ether oxygens (including phenoxy) is 1. The molecule has 2 heteroatoms. The van der Waals surface area contributed by atoms with E-state index in [0.29, 0.717) is 13.0 Å². The molecule has 0 aliphatic heterocycles. The van der Waals surface area contributed by atoms with Crippen LogP contribution < -0.4 is 0 Å². The third-order valence-electron chi connectivity index (χ3n) is 3.98. The maximum atomic E-state index is 12.2. The Morgan fingerprint density at radius 3 is 2.41 bits per heavy atom. The summed E-state index contributed by atoms with van der Waals surface area (Å²) in [6.07, 6.45) is 4.71. The number of esters is 1. The molecule has 2 atom stereocenters. The van der Waals surface area contributed by atoms with Gasteiger partial charge < -0.3 is 4.74 Å². The quantitative estimate of drug-likeness (QED) is 0.537. The van der Waals surface area contributed by atoms with Gasteiger partial charge in [0.2, 0.25) is 0 Å². The van der Waals surface area contributed by atoms with Crippen LogP contribution >= 0.6 is 0 Å². The van der Waals surface area contributed by atoms with Crippen LogP contribution in [-0.4, -0.2) is 12.6 Å². The van der Waals surface area contributed by atoms with Gasteiger partial charge in [-0.15, -0.1) is 6.58 Å². The minimum Gasteiger partial charge on any atom is -0.466 e. The first-order valence-corrected chi connectivity index (χ1v) is 6.27. The Bertz CT molecular complexity index is 348. The zero-order valence-corrected chi connectivity index (χ0v) is 11.7. The third-order valence-corrected chi connectivity index (χ3v) is 3.98. The highest BCUT2D eigenvalue weighted by Crippen LogP contribution is 2.72. The summed E-state index contributed by atoms with van der Waals surface area (Å²) < 4.78 is 5.25. The molecule has 0 heterocycles. The standard InChI is InChI=1S/C15H24O2/c1-7-9-15(13(16)17-8-2)12(10-11(3)4)14(15,5)6/h7,10,12H,1,8-9H2,2-6H3/t12-,15-/m0/s1. The van der Waals surface area contributed by atoms with Crippen molar-refractivity contribution in [1.82, 2.24) is 0 Å². The highest BCUT2D eigenvalue weighted by atomic mass is 16.5. The van der Waals surface area contributed by atoms with Crippen LogP contribution in [-0.2, 0) is 9.53 Å². The smallest absolute Gasteiger partial charge is 0.313 e. The molecule has 17 heavy (non-hydrogen) atoms. The Balaban J connectivity index is 3.06. The summed E-state index contributed by atoms with van der Waals surface area (Å²) in [5, 5.41) is 0. The number of allylic oxidation sites excluding steroid dienone is 3. The summed E-state index contributed by atoms with van der Waals surface area (Å²) in [7, 11) is 0. The van der Waals surface area contributed by atoms with E-state index in [1.807, 2.05) is 13.0 Å². The molecule has 0 saturated heterocycles. The molecule has 0 unspecified atom stereocenters. The fraction of sp³-hybridized carbons (Fsp3) is 0.667. The molecular weight excluding hydrogens is 212 g/mol. The van der Waals surface area contributed by atoms with E-state index in [1.165, 1.54) is 5.57 Å². The predicted octanol–water partition coefficient (Wildman–Crippen LogP) is 3.73. The average molecular weight is 236 g/mol. The van der Waals surface area contributed by atoms with Crippen molar-refractivity contribution in [3.8, 4) is 0 Å². The van der Waals surface area contributed by atoms with E-state index in [9.17, 15) is 4.79 Å². The zero-order chi connectivity index (χ0) is 13.3. The predicted molar refractivity (Wildman–Crippen MR) is 70.6 cm³/mol. The van der Waals surface area contributed by atoms with Gasteiger partial charge in [0.25, 0.3) is 0 Å². The topological polar surface area (TPSA) is 26.3 Å². The number of hydrogen-bond acceptors (Lipinski definition) is 2. The van der Waals surface area contributed by atoms with Gasteiger partial charge in [-0.3, -0.25) is 4.79 Å². The molecule has 0 aromatic rings. The molecule has 0 spiro atoms. The zero-order valence-electron chi connectivity index (χ0n) is 11.7. The summed E-state index contributed by atoms with van der Waals surface area (Å²) in [6, 6.07) is 0. The first kappa shape index (κ1) is 14.0. The van der Waals surface area contributed by atoms with Gasteiger partial charge in [0.05, 0.1) is 12.0 Å². The summed E-state index contributed by atoms with van der Waals surface area (Å²) in [6.45, 7) is 14.5. The SMILES string of the molecule is C=CC[C@@]1(C(=O)OCC)[C@@H](C=C(C)C)C1(C)C. The molecule has 0 aromatic heterocycles. The summed E-state index contributed by atoms with van der Waals surface area (Å²) in [4.78, 5) is 12.2. The molecule has 0 radical (unpaired) electrons. The van der Waals surface area contributed by atoms with E-state index in [0.717, 1.165) is 0 Å². The minimum atomic E-state index is -0.401. The van der Waals surface area contributed by atoms with Crippen LogP contribution in [0.4, 0.5) is 0 Å². The van der Waals surface area contributed by atoms with E-state index in [1.54, 1.807) is 0 Å². The normalized spacial score (nSPS) is 29.4. The molecule has 0 amide bonds. The van der Waals surface area contributed by atoms with Crippen molar-refractivity contribution in [2.24, 2.45) is 16.7 Å². The second kappa shape index (κ2) is 4.67. The fourth-order valence-corrected chi connectivity index (χ4v) is 2.93. The van der Waals surface area contributed by atoms with Crippen molar-refractivity contribution < 1.29 is 9.53 Å². The minimum absolute atomic E-state index is 0.0370. The van der Waals surface area contributed by atoms with Crippen molar-refractivity contribution in [3.05, 3.63) is 24.3 Å². The lowest BCUT2D eigenvalue weighted by Crippen LogP contribution is -2.24. The molecule has 1 rings (SSSR count). The molecule has 1 saturated carbocycles. The maximum Gasteiger partial charge on any atom is 0.313 e. The monoisotopic (exact) mass is 236 g/mol. The van der Waals surface area contributed by atoms with Gasteiger partial charge >= 0.3 is 5.97 Å². The average Bonchev–Trinajstić information content (AvgIpc) is 2.66. The van der Waals surface area contributed by atoms with Gasteiger partial charge in [0, 0.05) is 5.92 Å². The summed E-state index contributed by atoms with van der Waals surface area (Å²) >= 11 is 0.